The van der Waals surface area contributed by atoms with E-state index in [9.17, 15) is 0 Å². The van der Waals surface area contributed by atoms with E-state index in [1.807, 2.05) is 67.5 Å². The highest BCUT2D eigenvalue weighted by Gasteiger charge is 2.14. The summed E-state index contributed by atoms with van der Waals surface area (Å²) in [7, 11) is -0.301. The molecular weight excluding hydrogens is 199 g/mol. The van der Waals surface area contributed by atoms with E-state index in [1.54, 1.807) is 0 Å². The van der Waals surface area contributed by atoms with Crippen molar-refractivity contribution in [3.05, 3.63) is 60.7 Å². The third-order valence-electron chi connectivity index (χ3n) is 2.09. The third-order valence-corrected chi connectivity index (χ3v) is 2.09. The van der Waals surface area contributed by atoms with E-state index in [0.717, 1.165) is 11.5 Å². The highest BCUT2D eigenvalue weighted by molar-refractivity contribution is 6.44. The van der Waals surface area contributed by atoms with Crippen LogP contribution in [0.4, 0.5) is 0 Å². The van der Waals surface area contributed by atoms with Crippen LogP contribution in [0.1, 0.15) is 0 Å². The van der Waals surface area contributed by atoms with E-state index in [1.165, 1.54) is 0 Å². The van der Waals surface area contributed by atoms with Gasteiger partial charge in [0.2, 0.25) is 0 Å². The summed E-state index contributed by atoms with van der Waals surface area (Å²) < 4.78 is 11.2. The number of hydrogen-bond acceptors (Lipinski definition) is 2. The predicted octanol–water partition coefficient (Wildman–Crippen LogP) is 3.26. The van der Waals surface area contributed by atoms with Gasteiger partial charge in [0.05, 0.1) is 0 Å². The van der Waals surface area contributed by atoms with Crippen molar-refractivity contribution in [3.8, 4) is 11.5 Å². The molecule has 0 atom stereocenters. The van der Waals surface area contributed by atoms with Gasteiger partial charge >= 0.3 is 7.12 Å². The van der Waals surface area contributed by atoms with Crippen molar-refractivity contribution in [2.75, 3.05) is 0 Å². The van der Waals surface area contributed by atoms with Crippen LogP contribution in [0.3, 0.4) is 0 Å². The molecule has 3 heteroatoms. The fourth-order valence-corrected chi connectivity index (χ4v) is 1.41. The average Bonchev–Trinajstić information content (AvgIpc) is 2.31. The summed E-state index contributed by atoms with van der Waals surface area (Å²) in [6.07, 6.45) is 0. The van der Waals surface area contributed by atoms with Crippen molar-refractivity contribution in [1.82, 2.24) is 0 Å². The first kappa shape index (κ1) is 10.6. The van der Waals surface area contributed by atoms with Gasteiger partial charge in [-0.15, -0.1) is 0 Å². The summed E-state index contributed by atoms with van der Waals surface area (Å²) in [5.41, 5.74) is 0. The standard InChI is InChI=1S/C13H13BO2/c1-14(15-12-8-4-2-5-9-12)16-13-10-6-3-7-11-13/h2-11H,1H3. The van der Waals surface area contributed by atoms with Crippen LogP contribution in [0.5, 0.6) is 11.5 Å². The molecule has 2 rings (SSSR count). The monoisotopic (exact) mass is 212 g/mol. The predicted molar refractivity (Wildman–Crippen MR) is 65.8 cm³/mol. The minimum atomic E-state index is -0.301. The summed E-state index contributed by atoms with van der Waals surface area (Å²) in [4.78, 5) is 0. The normalized spacial score (nSPS) is 9.56. The molecule has 0 radical (unpaired) electrons. The van der Waals surface area contributed by atoms with Crippen LogP contribution in [0.15, 0.2) is 60.7 Å². The van der Waals surface area contributed by atoms with E-state index in [2.05, 4.69) is 0 Å². The van der Waals surface area contributed by atoms with E-state index >= 15 is 0 Å². The van der Waals surface area contributed by atoms with Crippen LogP contribution in [0.25, 0.3) is 0 Å². The van der Waals surface area contributed by atoms with Crippen LogP contribution >= 0.6 is 0 Å². The van der Waals surface area contributed by atoms with Gasteiger partial charge in [0, 0.05) is 0 Å². The molecule has 0 aromatic heterocycles. The maximum absolute atomic E-state index is 5.60. The maximum Gasteiger partial charge on any atom is 0.591 e. The molecule has 0 saturated heterocycles. The molecule has 0 saturated carbocycles. The molecule has 0 N–H and O–H groups in total. The van der Waals surface area contributed by atoms with Gasteiger partial charge in [0.25, 0.3) is 0 Å². The Labute approximate surface area is 96.0 Å². The molecule has 0 unspecified atom stereocenters. The molecule has 2 nitrogen and oxygen atoms in total. The Morgan fingerprint density at radius 2 is 1.06 bits per heavy atom. The summed E-state index contributed by atoms with van der Waals surface area (Å²) in [5.74, 6) is 1.62. The second kappa shape index (κ2) is 5.26. The minimum Gasteiger partial charge on any atom is -0.526 e. The van der Waals surface area contributed by atoms with E-state index in [4.69, 9.17) is 9.31 Å². The lowest BCUT2D eigenvalue weighted by Crippen LogP contribution is -2.25. The van der Waals surface area contributed by atoms with E-state index in [0.29, 0.717) is 0 Å². The van der Waals surface area contributed by atoms with Gasteiger partial charge in [-0.1, -0.05) is 36.4 Å². The summed E-state index contributed by atoms with van der Waals surface area (Å²) >= 11 is 0. The average molecular weight is 212 g/mol. The summed E-state index contributed by atoms with van der Waals surface area (Å²) in [5, 5.41) is 0. The molecule has 0 heterocycles. The largest absolute Gasteiger partial charge is 0.591 e. The van der Waals surface area contributed by atoms with Gasteiger partial charge in [-0.3, -0.25) is 0 Å². The molecule has 2 aromatic carbocycles. The molecular formula is C13H13BO2. The second-order valence-electron chi connectivity index (χ2n) is 3.43. The highest BCUT2D eigenvalue weighted by atomic mass is 16.6. The Morgan fingerprint density at radius 3 is 1.44 bits per heavy atom. The Bertz CT molecular complexity index is 375. The Morgan fingerprint density at radius 1 is 0.688 bits per heavy atom. The van der Waals surface area contributed by atoms with Gasteiger partial charge in [-0.25, -0.2) is 0 Å². The zero-order valence-corrected chi connectivity index (χ0v) is 9.17. The van der Waals surface area contributed by atoms with Gasteiger partial charge in [0.15, 0.2) is 0 Å². The molecule has 0 spiro atoms. The Kier molecular flexibility index (Phi) is 3.49. The quantitative estimate of drug-likeness (QED) is 0.724. The van der Waals surface area contributed by atoms with Crippen LogP contribution in [-0.2, 0) is 0 Å². The molecule has 0 bridgehead atoms. The first-order chi connectivity index (χ1) is 7.84. The van der Waals surface area contributed by atoms with Crippen LogP contribution in [0.2, 0.25) is 6.82 Å². The van der Waals surface area contributed by atoms with Crippen molar-refractivity contribution in [1.29, 1.82) is 0 Å². The summed E-state index contributed by atoms with van der Waals surface area (Å²) in [6, 6.07) is 19.3. The molecule has 80 valence electrons. The van der Waals surface area contributed by atoms with Crippen LogP contribution in [-0.4, -0.2) is 7.12 Å². The third kappa shape index (κ3) is 3.06. The maximum atomic E-state index is 5.60. The number of hydrogen-bond donors (Lipinski definition) is 0. The number of rotatable bonds is 4. The zero-order chi connectivity index (χ0) is 11.2. The lowest BCUT2D eigenvalue weighted by atomic mass is 9.95. The number of para-hydroxylation sites is 2. The van der Waals surface area contributed by atoms with Crippen molar-refractivity contribution < 1.29 is 9.31 Å². The van der Waals surface area contributed by atoms with Gasteiger partial charge in [-0.05, 0) is 31.1 Å². The van der Waals surface area contributed by atoms with Crippen molar-refractivity contribution >= 4 is 7.12 Å². The van der Waals surface area contributed by atoms with Crippen molar-refractivity contribution in [2.45, 2.75) is 6.82 Å². The SMILES string of the molecule is CB(Oc1ccccc1)Oc1ccccc1. The Balaban J connectivity index is 1.92. The van der Waals surface area contributed by atoms with Crippen LogP contribution in [0, 0.1) is 0 Å². The first-order valence-electron chi connectivity index (χ1n) is 5.28. The minimum absolute atomic E-state index is 0.301. The highest BCUT2D eigenvalue weighted by Crippen LogP contribution is 2.13. The lowest BCUT2D eigenvalue weighted by molar-refractivity contribution is 0.431. The van der Waals surface area contributed by atoms with Crippen molar-refractivity contribution in [3.63, 3.8) is 0 Å². The van der Waals surface area contributed by atoms with Crippen molar-refractivity contribution in [2.24, 2.45) is 0 Å². The molecule has 0 fully saturated rings. The lowest BCUT2D eigenvalue weighted by Gasteiger charge is -2.12. The molecule has 16 heavy (non-hydrogen) atoms. The topological polar surface area (TPSA) is 18.5 Å². The van der Waals surface area contributed by atoms with Crippen LogP contribution < -0.4 is 9.31 Å². The summed E-state index contributed by atoms with van der Waals surface area (Å²) in [6.45, 7) is 1.88. The zero-order valence-electron chi connectivity index (χ0n) is 9.17. The first-order valence-corrected chi connectivity index (χ1v) is 5.28. The van der Waals surface area contributed by atoms with E-state index in [-0.39, 0.29) is 7.12 Å². The molecule has 2 aromatic rings. The van der Waals surface area contributed by atoms with Gasteiger partial charge in [0.1, 0.15) is 11.5 Å². The molecule has 0 aliphatic rings. The van der Waals surface area contributed by atoms with Gasteiger partial charge in [-0.2, -0.15) is 0 Å². The fourth-order valence-electron chi connectivity index (χ4n) is 1.41. The smallest absolute Gasteiger partial charge is 0.526 e. The van der Waals surface area contributed by atoms with Gasteiger partial charge < -0.3 is 9.31 Å². The second-order valence-corrected chi connectivity index (χ2v) is 3.43. The Hall–Kier alpha value is -1.90. The van der Waals surface area contributed by atoms with E-state index < -0.39 is 0 Å². The number of benzene rings is 2. The molecule has 0 amide bonds. The molecule has 0 aliphatic heterocycles. The molecule has 0 aliphatic carbocycles. The fraction of sp³-hybridized carbons (Fsp3) is 0.0769.